The summed E-state index contributed by atoms with van der Waals surface area (Å²) in [5, 5.41) is 2.68. The standard InChI is InChI=1S/C9H12.C7H11NO2/c1-2-6-9-7-4-3-5-8-9;9-5-6-3-1-2-4-8-7(6)10/h3-5,7-8H,2,6H2,1H3;5-6H,1-4H2,(H,8,10). The van der Waals surface area contributed by atoms with Crippen molar-refractivity contribution in [3.05, 3.63) is 35.9 Å². The zero-order valence-corrected chi connectivity index (χ0v) is 11.6. The van der Waals surface area contributed by atoms with Crippen LogP contribution in [-0.2, 0) is 16.0 Å². The third-order valence-electron chi connectivity index (χ3n) is 3.12. The fourth-order valence-electron chi connectivity index (χ4n) is 2.03. The average molecular weight is 261 g/mol. The van der Waals surface area contributed by atoms with Crippen molar-refractivity contribution in [3.8, 4) is 0 Å². The number of nitrogens with one attached hydrogen (secondary N) is 1. The molecule has 0 spiro atoms. The van der Waals surface area contributed by atoms with Gasteiger partial charge in [0.15, 0.2) is 0 Å². The van der Waals surface area contributed by atoms with Crippen LogP contribution in [0.2, 0.25) is 0 Å². The van der Waals surface area contributed by atoms with E-state index in [-0.39, 0.29) is 11.8 Å². The second-order valence-corrected chi connectivity index (χ2v) is 4.76. The Morgan fingerprint density at radius 1 is 1.26 bits per heavy atom. The fraction of sp³-hybridized carbons (Fsp3) is 0.500. The molecule has 104 valence electrons. The largest absolute Gasteiger partial charge is 0.355 e. The summed E-state index contributed by atoms with van der Waals surface area (Å²) in [6.07, 6.45) is 5.87. The molecule has 1 fully saturated rings. The number of hydrogen-bond acceptors (Lipinski definition) is 2. The Labute approximate surface area is 115 Å². The molecule has 0 bridgehead atoms. The van der Waals surface area contributed by atoms with Crippen LogP contribution < -0.4 is 5.32 Å². The summed E-state index contributed by atoms with van der Waals surface area (Å²) in [5.41, 5.74) is 1.44. The van der Waals surface area contributed by atoms with Gasteiger partial charge in [0.05, 0.1) is 5.92 Å². The lowest BCUT2D eigenvalue weighted by Crippen LogP contribution is -2.29. The number of carbonyl (C=O) groups excluding carboxylic acids is 2. The van der Waals surface area contributed by atoms with Crippen molar-refractivity contribution in [2.75, 3.05) is 6.54 Å². The van der Waals surface area contributed by atoms with Crippen LogP contribution in [0.5, 0.6) is 0 Å². The van der Waals surface area contributed by atoms with Crippen LogP contribution in [0.15, 0.2) is 30.3 Å². The normalized spacial score (nSPS) is 18.6. The van der Waals surface area contributed by atoms with Gasteiger partial charge in [-0.3, -0.25) is 4.79 Å². The topological polar surface area (TPSA) is 46.2 Å². The van der Waals surface area contributed by atoms with Gasteiger partial charge in [0.1, 0.15) is 6.29 Å². The Morgan fingerprint density at radius 3 is 2.63 bits per heavy atom. The summed E-state index contributed by atoms with van der Waals surface area (Å²) in [6, 6.07) is 10.6. The van der Waals surface area contributed by atoms with Gasteiger partial charge in [-0.15, -0.1) is 0 Å². The average Bonchev–Trinajstić information content (AvgIpc) is 2.65. The molecule has 1 aliphatic rings. The molecule has 1 aromatic rings. The molecular formula is C16H23NO2. The predicted molar refractivity (Wildman–Crippen MR) is 76.9 cm³/mol. The number of benzene rings is 1. The molecular weight excluding hydrogens is 238 g/mol. The molecule has 1 atom stereocenters. The molecule has 1 unspecified atom stereocenters. The molecule has 0 radical (unpaired) electrons. The van der Waals surface area contributed by atoms with Crippen molar-refractivity contribution in [2.45, 2.75) is 39.0 Å². The molecule has 3 nitrogen and oxygen atoms in total. The van der Waals surface area contributed by atoms with Crippen LogP contribution in [0.1, 0.15) is 38.2 Å². The van der Waals surface area contributed by atoms with Gasteiger partial charge < -0.3 is 10.1 Å². The molecule has 1 amide bonds. The second-order valence-electron chi connectivity index (χ2n) is 4.76. The number of rotatable bonds is 3. The van der Waals surface area contributed by atoms with Gasteiger partial charge in [0, 0.05) is 6.54 Å². The first-order valence-corrected chi connectivity index (χ1v) is 7.04. The molecule has 2 rings (SSSR count). The van der Waals surface area contributed by atoms with Gasteiger partial charge in [0.2, 0.25) is 5.91 Å². The van der Waals surface area contributed by atoms with Crippen LogP contribution in [-0.4, -0.2) is 18.7 Å². The number of aryl methyl sites for hydroxylation is 1. The zero-order chi connectivity index (χ0) is 13.9. The van der Waals surface area contributed by atoms with E-state index in [9.17, 15) is 9.59 Å². The minimum Gasteiger partial charge on any atom is -0.355 e. The van der Waals surface area contributed by atoms with Crippen molar-refractivity contribution in [1.29, 1.82) is 0 Å². The summed E-state index contributed by atoms with van der Waals surface area (Å²) < 4.78 is 0. The van der Waals surface area contributed by atoms with E-state index in [0.717, 1.165) is 32.1 Å². The van der Waals surface area contributed by atoms with E-state index in [1.807, 2.05) is 0 Å². The van der Waals surface area contributed by atoms with E-state index in [1.165, 1.54) is 18.4 Å². The third-order valence-corrected chi connectivity index (χ3v) is 3.12. The van der Waals surface area contributed by atoms with Crippen LogP contribution in [0.25, 0.3) is 0 Å². The smallest absolute Gasteiger partial charge is 0.230 e. The van der Waals surface area contributed by atoms with Gasteiger partial charge in [-0.2, -0.15) is 0 Å². The lowest BCUT2D eigenvalue weighted by Gasteiger charge is -2.02. The first kappa shape index (κ1) is 15.4. The first-order chi connectivity index (χ1) is 9.27. The van der Waals surface area contributed by atoms with E-state index in [1.54, 1.807) is 0 Å². The summed E-state index contributed by atoms with van der Waals surface area (Å²) in [6.45, 7) is 2.93. The Kier molecular flexibility index (Phi) is 7.56. The summed E-state index contributed by atoms with van der Waals surface area (Å²) >= 11 is 0. The molecule has 0 saturated carbocycles. The molecule has 0 aromatic heterocycles. The Bertz CT molecular complexity index is 376. The highest BCUT2D eigenvalue weighted by Gasteiger charge is 2.18. The molecule has 1 aromatic carbocycles. The monoisotopic (exact) mass is 261 g/mol. The number of amides is 1. The van der Waals surface area contributed by atoms with Crippen molar-refractivity contribution in [2.24, 2.45) is 5.92 Å². The highest BCUT2D eigenvalue weighted by molar-refractivity contribution is 5.91. The molecule has 0 aliphatic carbocycles. The zero-order valence-electron chi connectivity index (χ0n) is 11.6. The SMILES string of the molecule is CCCc1ccccc1.O=CC1CCCCNC1=O. The van der Waals surface area contributed by atoms with Gasteiger partial charge in [0.25, 0.3) is 0 Å². The van der Waals surface area contributed by atoms with E-state index in [4.69, 9.17) is 0 Å². The van der Waals surface area contributed by atoms with Crippen LogP contribution >= 0.6 is 0 Å². The van der Waals surface area contributed by atoms with Crippen LogP contribution in [0.3, 0.4) is 0 Å². The lowest BCUT2D eigenvalue weighted by molar-refractivity contribution is -0.128. The summed E-state index contributed by atoms with van der Waals surface area (Å²) in [4.78, 5) is 21.2. The minimum absolute atomic E-state index is 0.104. The number of carbonyl (C=O) groups is 2. The quantitative estimate of drug-likeness (QED) is 0.671. The van der Waals surface area contributed by atoms with E-state index >= 15 is 0 Å². The maximum absolute atomic E-state index is 10.9. The molecule has 1 aliphatic heterocycles. The third kappa shape index (κ3) is 6.18. The van der Waals surface area contributed by atoms with Crippen LogP contribution in [0.4, 0.5) is 0 Å². The van der Waals surface area contributed by atoms with Crippen LogP contribution in [0, 0.1) is 5.92 Å². The van der Waals surface area contributed by atoms with Gasteiger partial charge in [-0.05, 0) is 24.8 Å². The highest BCUT2D eigenvalue weighted by Crippen LogP contribution is 2.09. The predicted octanol–water partition coefficient (Wildman–Crippen LogP) is 2.74. The molecule has 1 N–H and O–H groups in total. The molecule has 1 heterocycles. The van der Waals surface area contributed by atoms with Crippen molar-refractivity contribution in [1.82, 2.24) is 5.32 Å². The van der Waals surface area contributed by atoms with Crippen molar-refractivity contribution in [3.63, 3.8) is 0 Å². The van der Waals surface area contributed by atoms with E-state index in [0.29, 0.717) is 0 Å². The lowest BCUT2D eigenvalue weighted by atomic mass is 10.1. The summed E-state index contributed by atoms with van der Waals surface area (Å²) in [5.74, 6) is -0.491. The number of hydrogen-bond donors (Lipinski definition) is 1. The number of aldehydes is 1. The molecule has 1 saturated heterocycles. The van der Waals surface area contributed by atoms with E-state index < -0.39 is 0 Å². The van der Waals surface area contributed by atoms with Gasteiger partial charge in [-0.25, -0.2) is 0 Å². The molecule has 3 heteroatoms. The van der Waals surface area contributed by atoms with Gasteiger partial charge >= 0.3 is 0 Å². The Hall–Kier alpha value is -1.64. The Morgan fingerprint density at radius 2 is 2.00 bits per heavy atom. The first-order valence-electron chi connectivity index (χ1n) is 7.04. The fourth-order valence-corrected chi connectivity index (χ4v) is 2.03. The van der Waals surface area contributed by atoms with Crippen molar-refractivity contribution < 1.29 is 9.59 Å². The van der Waals surface area contributed by atoms with E-state index in [2.05, 4.69) is 42.6 Å². The minimum atomic E-state index is -0.387. The Balaban J connectivity index is 0.000000191. The summed E-state index contributed by atoms with van der Waals surface area (Å²) in [7, 11) is 0. The second kappa shape index (κ2) is 9.31. The molecule has 19 heavy (non-hydrogen) atoms. The van der Waals surface area contributed by atoms with Crippen molar-refractivity contribution >= 4 is 12.2 Å². The maximum atomic E-state index is 10.9. The maximum Gasteiger partial charge on any atom is 0.230 e. The highest BCUT2D eigenvalue weighted by atomic mass is 16.2. The van der Waals surface area contributed by atoms with Gasteiger partial charge in [-0.1, -0.05) is 50.1 Å².